The van der Waals surface area contributed by atoms with Crippen LogP contribution in [0.4, 0.5) is 0 Å². The Kier molecular flexibility index (Phi) is 3.51. The topological polar surface area (TPSA) is 67.6 Å². The Hall–Kier alpha value is -1.42. The van der Waals surface area contributed by atoms with Crippen LogP contribution in [-0.4, -0.2) is 15.0 Å². The van der Waals surface area contributed by atoms with Gasteiger partial charge in [-0.1, -0.05) is 26.2 Å². The Labute approximate surface area is 113 Å². The van der Waals surface area contributed by atoms with Crippen LogP contribution in [-0.2, 0) is 13.0 Å². The lowest BCUT2D eigenvalue weighted by molar-refractivity contribution is 0.428. The fourth-order valence-corrected chi connectivity index (χ4v) is 3.16. The van der Waals surface area contributed by atoms with Crippen molar-refractivity contribution in [3.63, 3.8) is 0 Å². The Morgan fingerprint density at radius 3 is 2.74 bits per heavy atom. The number of nitrogens with zero attached hydrogens (tertiary/aromatic N) is 2. The van der Waals surface area contributed by atoms with E-state index < -0.39 is 0 Å². The average Bonchev–Trinajstić information content (AvgIpc) is 2.90. The van der Waals surface area contributed by atoms with Crippen molar-refractivity contribution < 1.29 is 0 Å². The lowest BCUT2D eigenvalue weighted by Crippen LogP contribution is -2.10. The molecule has 2 aromatic rings. The van der Waals surface area contributed by atoms with Crippen LogP contribution in [0.3, 0.4) is 0 Å². The number of nitrogens with two attached hydrogens (primary N) is 1. The monoisotopic (exact) mass is 258 g/mol. The van der Waals surface area contributed by atoms with Gasteiger partial charge < -0.3 is 10.7 Å². The number of fused-ring (bicyclic) bond motifs is 1. The van der Waals surface area contributed by atoms with Crippen LogP contribution in [0.25, 0.3) is 11.0 Å². The van der Waals surface area contributed by atoms with Gasteiger partial charge in [0.05, 0.1) is 5.69 Å². The highest BCUT2D eigenvalue weighted by atomic mass is 15.0. The molecule has 1 fully saturated rings. The molecular weight excluding hydrogens is 236 g/mol. The SMILES string of the molecule is CCc1nc(C2CCCCC2)nc2[nH]cc(CN)c12. The second-order valence-electron chi connectivity index (χ2n) is 5.46. The smallest absolute Gasteiger partial charge is 0.141 e. The number of aromatic amines is 1. The third-order valence-corrected chi connectivity index (χ3v) is 4.23. The van der Waals surface area contributed by atoms with Crippen LogP contribution < -0.4 is 5.73 Å². The van der Waals surface area contributed by atoms with Gasteiger partial charge >= 0.3 is 0 Å². The molecule has 0 radical (unpaired) electrons. The van der Waals surface area contributed by atoms with Gasteiger partial charge in [-0.3, -0.25) is 0 Å². The van der Waals surface area contributed by atoms with Crippen molar-refractivity contribution in [1.29, 1.82) is 0 Å². The van der Waals surface area contributed by atoms with Crippen molar-refractivity contribution in [2.45, 2.75) is 57.9 Å². The van der Waals surface area contributed by atoms with Crippen LogP contribution in [0.2, 0.25) is 0 Å². The molecule has 0 aliphatic heterocycles. The van der Waals surface area contributed by atoms with Crippen LogP contribution in [0.5, 0.6) is 0 Å². The minimum atomic E-state index is 0.541. The van der Waals surface area contributed by atoms with Gasteiger partial charge in [0.1, 0.15) is 11.5 Å². The molecule has 0 bridgehead atoms. The summed E-state index contributed by atoms with van der Waals surface area (Å²) in [5.41, 5.74) is 9.03. The highest BCUT2D eigenvalue weighted by Gasteiger charge is 2.20. The van der Waals surface area contributed by atoms with Gasteiger partial charge in [0.15, 0.2) is 0 Å². The number of hydrogen-bond donors (Lipinski definition) is 2. The van der Waals surface area contributed by atoms with Crippen molar-refractivity contribution in [3.8, 4) is 0 Å². The molecule has 0 spiro atoms. The fourth-order valence-electron chi connectivity index (χ4n) is 3.16. The first-order valence-corrected chi connectivity index (χ1v) is 7.40. The van der Waals surface area contributed by atoms with E-state index in [0.29, 0.717) is 12.5 Å². The predicted octanol–water partition coefficient (Wildman–Crippen LogP) is 3.03. The summed E-state index contributed by atoms with van der Waals surface area (Å²) in [5, 5.41) is 1.14. The second kappa shape index (κ2) is 5.29. The number of aryl methyl sites for hydroxylation is 1. The standard InChI is InChI=1S/C15H22N4/c1-2-12-13-11(8-16)9-17-15(13)19-14(18-12)10-6-4-3-5-7-10/h9-10H,2-8,16H2,1H3,(H,17,18,19). The molecular formula is C15H22N4. The van der Waals surface area contributed by atoms with Gasteiger partial charge in [0, 0.05) is 24.0 Å². The molecule has 0 aromatic carbocycles. The van der Waals surface area contributed by atoms with Crippen molar-refractivity contribution >= 4 is 11.0 Å². The zero-order chi connectivity index (χ0) is 13.2. The molecule has 1 saturated carbocycles. The average molecular weight is 258 g/mol. The van der Waals surface area contributed by atoms with Gasteiger partial charge in [0.25, 0.3) is 0 Å². The Morgan fingerprint density at radius 2 is 2.05 bits per heavy atom. The Morgan fingerprint density at radius 1 is 1.26 bits per heavy atom. The zero-order valence-corrected chi connectivity index (χ0v) is 11.6. The fraction of sp³-hybridized carbons (Fsp3) is 0.600. The van der Waals surface area contributed by atoms with Crippen LogP contribution in [0.15, 0.2) is 6.20 Å². The number of H-pyrrole nitrogens is 1. The molecule has 4 heteroatoms. The molecule has 2 heterocycles. The van der Waals surface area contributed by atoms with Gasteiger partial charge in [-0.25, -0.2) is 9.97 Å². The zero-order valence-electron chi connectivity index (χ0n) is 11.6. The van der Waals surface area contributed by atoms with Gasteiger partial charge in [-0.15, -0.1) is 0 Å². The first kappa shape index (κ1) is 12.6. The second-order valence-corrected chi connectivity index (χ2v) is 5.46. The van der Waals surface area contributed by atoms with E-state index in [9.17, 15) is 0 Å². The molecule has 102 valence electrons. The summed E-state index contributed by atoms with van der Waals surface area (Å²) >= 11 is 0. The molecule has 3 N–H and O–H groups in total. The summed E-state index contributed by atoms with van der Waals surface area (Å²) in [4.78, 5) is 12.9. The first-order chi connectivity index (χ1) is 9.33. The molecule has 0 atom stereocenters. The number of hydrogen-bond acceptors (Lipinski definition) is 3. The van der Waals surface area contributed by atoms with Gasteiger partial charge in [-0.05, 0) is 24.8 Å². The Bertz CT molecular complexity index is 567. The van der Waals surface area contributed by atoms with E-state index in [4.69, 9.17) is 15.7 Å². The lowest BCUT2D eigenvalue weighted by Gasteiger charge is -2.20. The molecule has 1 aliphatic carbocycles. The quantitative estimate of drug-likeness (QED) is 0.889. The molecule has 0 saturated heterocycles. The third-order valence-electron chi connectivity index (χ3n) is 4.23. The van der Waals surface area contributed by atoms with E-state index in [-0.39, 0.29) is 0 Å². The predicted molar refractivity (Wildman–Crippen MR) is 77.0 cm³/mol. The molecule has 1 aliphatic rings. The molecule has 0 amide bonds. The molecule has 4 nitrogen and oxygen atoms in total. The number of rotatable bonds is 3. The van der Waals surface area contributed by atoms with Crippen LogP contribution >= 0.6 is 0 Å². The summed E-state index contributed by atoms with van der Waals surface area (Å²) in [5.74, 6) is 1.59. The lowest BCUT2D eigenvalue weighted by atomic mass is 9.88. The Balaban J connectivity index is 2.07. The minimum Gasteiger partial charge on any atom is -0.346 e. The highest BCUT2D eigenvalue weighted by molar-refractivity contribution is 5.82. The first-order valence-electron chi connectivity index (χ1n) is 7.40. The molecule has 2 aromatic heterocycles. The largest absolute Gasteiger partial charge is 0.346 e. The molecule has 0 unspecified atom stereocenters. The molecule has 3 rings (SSSR count). The van der Waals surface area contributed by atoms with E-state index in [0.717, 1.165) is 34.5 Å². The molecule has 19 heavy (non-hydrogen) atoms. The van der Waals surface area contributed by atoms with Crippen molar-refractivity contribution in [1.82, 2.24) is 15.0 Å². The maximum atomic E-state index is 5.79. The maximum Gasteiger partial charge on any atom is 0.141 e. The number of nitrogens with one attached hydrogen (secondary N) is 1. The van der Waals surface area contributed by atoms with Crippen molar-refractivity contribution in [2.75, 3.05) is 0 Å². The highest BCUT2D eigenvalue weighted by Crippen LogP contribution is 2.32. The van der Waals surface area contributed by atoms with Gasteiger partial charge in [-0.2, -0.15) is 0 Å². The summed E-state index contributed by atoms with van der Waals surface area (Å²) in [7, 11) is 0. The minimum absolute atomic E-state index is 0.541. The van der Waals surface area contributed by atoms with Crippen LogP contribution in [0.1, 0.15) is 62.0 Å². The summed E-state index contributed by atoms with van der Waals surface area (Å²) in [6, 6.07) is 0. The van der Waals surface area contributed by atoms with Gasteiger partial charge in [0.2, 0.25) is 0 Å². The normalized spacial score (nSPS) is 17.2. The van der Waals surface area contributed by atoms with E-state index in [2.05, 4.69) is 11.9 Å². The number of aromatic nitrogens is 3. The maximum absolute atomic E-state index is 5.79. The van der Waals surface area contributed by atoms with Crippen molar-refractivity contribution in [3.05, 3.63) is 23.3 Å². The summed E-state index contributed by atoms with van der Waals surface area (Å²) in [6.07, 6.45) is 9.36. The van der Waals surface area contributed by atoms with E-state index in [1.807, 2.05) is 6.20 Å². The van der Waals surface area contributed by atoms with Crippen LogP contribution in [0, 0.1) is 0 Å². The van der Waals surface area contributed by atoms with E-state index in [1.54, 1.807) is 0 Å². The third kappa shape index (κ3) is 2.25. The van der Waals surface area contributed by atoms with E-state index in [1.165, 1.54) is 32.1 Å². The summed E-state index contributed by atoms with van der Waals surface area (Å²) < 4.78 is 0. The summed E-state index contributed by atoms with van der Waals surface area (Å²) in [6.45, 7) is 2.69. The van der Waals surface area contributed by atoms with E-state index >= 15 is 0 Å². The van der Waals surface area contributed by atoms with Crippen molar-refractivity contribution in [2.24, 2.45) is 5.73 Å².